The molecule has 146 valence electrons. The van der Waals surface area contributed by atoms with E-state index in [2.05, 4.69) is 10.6 Å². The molecule has 0 radical (unpaired) electrons. The molecule has 0 aromatic heterocycles. The first kappa shape index (κ1) is 19.9. The van der Waals surface area contributed by atoms with Crippen LogP contribution in [0.4, 0.5) is 4.79 Å². The minimum atomic E-state index is -1.19. The van der Waals surface area contributed by atoms with Gasteiger partial charge in [0.1, 0.15) is 12.1 Å². The van der Waals surface area contributed by atoms with E-state index in [1.165, 1.54) is 0 Å². The second-order valence-corrected chi connectivity index (χ2v) is 7.59. The Bertz CT molecular complexity index is 911. The van der Waals surface area contributed by atoms with Crippen molar-refractivity contribution in [2.45, 2.75) is 32.4 Å². The number of hydrogen-bond acceptors (Lipinski definition) is 3. The molecule has 0 unspecified atom stereocenters. The first-order chi connectivity index (χ1) is 13.2. The molecule has 2 aromatic rings. The summed E-state index contributed by atoms with van der Waals surface area (Å²) < 4.78 is 0. The molecule has 0 spiro atoms. The van der Waals surface area contributed by atoms with Crippen LogP contribution in [0, 0.1) is 6.92 Å². The highest BCUT2D eigenvalue weighted by Crippen LogP contribution is 2.29. The van der Waals surface area contributed by atoms with Gasteiger partial charge in [-0.1, -0.05) is 53.6 Å². The average Bonchev–Trinajstić information content (AvgIpc) is 2.86. The minimum Gasteiger partial charge on any atom is -0.348 e. The van der Waals surface area contributed by atoms with E-state index < -0.39 is 23.4 Å². The topological polar surface area (TPSA) is 78.5 Å². The molecule has 1 aliphatic rings. The molecule has 2 atom stereocenters. The maximum absolute atomic E-state index is 12.9. The number of aryl methyl sites for hydroxylation is 1. The lowest BCUT2D eigenvalue weighted by atomic mass is 9.91. The van der Waals surface area contributed by atoms with E-state index in [0.29, 0.717) is 10.6 Å². The molecule has 0 aliphatic carbocycles. The van der Waals surface area contributed by atoms with Gasteiger partial charge in [0.05, 0.1) is 6.04 Å². The van der Waals surface area contributed by atoms with Crippen molar-refractivity contribution in [2.24, 2.45) is 0 Å². The van der Waals surface area contributed by atoms with Gasteiger partial charge in [-0.25, -0.2) is 4.79 Å². The van der Waals surface area contributed by atoms with Crippen LogP contribution in [-0.2, 0) is 15.1 Å². The predicted molar refractivity (Wildman–Crippen MR) is 107 cm³/mol. The highest BCUT2D eigenvalue weighted by Gasteiger charge is 2.49. The summed E-state index contributed by atoms with van der Waals surface area (Å²) in [5.41, 5.74) is 1.41. The monoisotopic (exact) mass is 399 g/mol. The van der Waals surface area contributed by atoms with E-state index in [1.54, 1.807) is 31.2 Å². The third-order valence-corrected chi connectivity index (χ3v) is 5.21. The molecule has 1 fully saturated rings. The van der Waals surface area contributed by atoms with Crippen LogP contribution < -0.4 is 10.6 Å². The first-order valence-corrected chi connectivity index (χ1v) is 9.34. The smallest absolute Gasteiger partial charge is 0.325 e. The van der Waals surface area contributed by atoms with Gasteiger partial charge in [0.2, 0.25) is 5.91 Å². The molecule has 1 saturated heterocycles. The molecule has 1 aliphatic heterocycles. The van der Waals surface area contributed by atoms with Gasteiger partial charge in [-0.15, -0.1) is 0 Å². The second kappa shape index (κ2) is 7.64. The molecule has 4 amide bonds. The molecule has 6 nitrogen and oxygen atoms in total. The Morgan fingerprint density at radius 1 is 1.14 bits per heavy atom. The lowest BCUT2D eigenvalue weighted by molar-refractivity contribution is -0.135. The van der Waals surface area contributed by atoms with Crippen molar-refractivity contribution in [1.29, 1.82) is 0 Å². The Morgan fingerprint density at radius 2 is 1.75 bits per heavy atom. The standard InChI is InChI=1S/C21H22ClN3O3/c1-13-4-8-16(9-5-13)21(3)19(27)25(20(28)24-21)12-18(26)23-14(2)15-6-10-17(22)11-7-15/h4-11,14H,12H2,1-3H3,(H,23,26)(H,24,28)/t14-,21-/m1/s1. The SMILES string of the molecule is Cc1ccc([C@@]2(C)NC(=O)N(CC(=O)N[C@H](C)c3ccc(Cl)cc3)C2=O)cc1. The summed E-state index contributed by atoms with van der Waals surface area (Å²) in [7, 11) is 0. The number of amides is 4. The van der Waals surface area contributed by atoms with Gasteiger partial charge in [-0.05, 0) is 44.0 Å². The molecule has 1 heterocycles. The van der Waals surface area contributed by atoms with Gasteiger partial charge in [0.15, 0.2) is 0 Å². The minimum absolute atomic E-state index is 0.283. The molecule has 2 N–H and O–H groups in total. The van der Waals surface area contributed by atoms with Crippen LogP contribution >= 0.6 is 11.6 Å². The van der Waals surface area contributed by atoms with Crippen molar-refractivity contribution in [3.8, 4) is 0 Å². The number of nitrogens with one attached hydrogen (secondary N) is 2. The molecular weight excluding hydrogens is 378 g/mol. The largest absolute Gasteiger partial charge is 0.348 e. The van der Waals surface area contributed by atoms with Gasteiger partial charge in [-0.3, -0.25) is 14.5 Å². The number of halogens is 1. The van der Waals surface area contributed by atoms with Gasteiger partial charge in [0.25, 0.3) is 5.91 Å². The summed E-state index contributed by atoms with van der Waals surface area (Å²) in [4.78, 5) is 38.6. The normalized spacial score (nSPS) is 20.1. The Hall–Kier alpha value is -2.86. The van der Waals surface area contributed by atoms with E-state index in [0.717, 1.165) is 16.0 Å². The van der Waals surface area contributed by atoms with Gasteiger partial charge < -0.3 is 10.6 Å². The number of hydrogen-bond donors (Lipinski definition) is 2. The van der Waals surface area contributed by atoms with E-state index in [9.17, 15) is 14.4 Å². The van der Waals surface area contributed by atoms with Gasteiger partial charge >= 0.3 is 6.03 Å². The Morgan fingerprint density at radius 3 is 2.36 bits per heavy atom. The average molecular weight is 400 g/mol. The fraction of sp³-hybridized carbons (Fsp3) is 0.286. The molecule has 7 heteroatoms. The molecule has 0 bridgehead atoms. The van der Waals surface area contributed by atoms with Crippen molar-refractivity contribution in [2.75, 3.05) is 6.54 Å². The summed E-state index contributed by atoms with van der Waals surface area (Å²) >= 11 is 5.88. The summed E-state index contributed by atoms with van der Waals surface area (Å²) in [6.45, 7) is 5.07. The molecule has 3 rings (SSSR count). The Kier molecular flexibility index (Phi) is 5.42. The van der Waals surface area contributed by atoms with Gasteiger partial charge in [-0.2, -0.15) is 0 Å². The van der Waals surface area contributed by atoms with Crippen LogP contribution in [0.5, 0.6) is 0 Å². The zero-order valence-electron chi connectivity index (χ0n) is 16.0. The summed E-state index contributed by atoms with van der Waals surface area (Å²) in [5.74, 6) is -0.866. The van der Waals surface area contributed by atoms with Crippen LogP contribution in [0.1, 0.15) is 36.6 Å². The van der Waals surface area contributed by atoms with Gasteiger partial charge in [0, 0.05) is 5.02 Å². The number of carbonyl (C=O) groups is 3. The van der Waals surface area contributed by atoms with E-state index >= 15 is 0 Å². The maximum atomic E-state index is 12.9. The van der Waals surface area contributed by atoms with Crippen molar-refractivity contribution < 1.29 is 14.4 Å². The van der Waals surface area contributed by atoms with Crippen LogP contribution in [0.3, 0.4) is 0 Å². The quantitative estimate of drug-likeness (QED) is 0.757. The molecular formula is C21H22ClN3O3. The van der Waals surface area contributed by atoms with E-state index in [4.69, 9.17) is 11.6 Å². The lowest BCUT2D eigenvalue weighted by Gasteiger charge is -2.22. The third kappa shape index (κ3) is 3.87. The van der Waals surface area contributed by atoms with Crippen molar-refractivity contribution in [3.05, 3.63) is 70.2 Å². The zero-order valence-corrected chi connectivity index (χ0v) is 16.7. The number of urea groups is 1. The molecule has 2 aromatic carbocycles. The van der Waals surface area contributed by atoms with Crippen LogP contribution in [-0.4, -0.2) is 29.3 Å². The number of carbonyl (C=O) groups excluding carboxylic acids is 3. The Balaban J connectivity index is 1.69. The third-order valence-electron chi connectivity index (χ3n) is 4.95. The summed E-state index contributed by atoms with van der Waals surface area (Å²) in [6, 6.07) is 13.6. The second-order valence-electron chi connectivity index (χ2n) is 7.15. The van der Waals surface area contributed by atoms with Crippen LogP contribution in [0.15, 0.2) is 48.5 Å². The van der Waals surface area contributed by atoms with Crippen molar-refractivity contribution in [3.63, 3.8) is 0 Å². The number of benzene rings is 2. The van der Waals surface area contributed by atoms with E-state index in [1.807, 2.05) is 38.1 Å². The van der Waals surface area contributed by atoms with E-state index in [-0.39, 0.29) is 12.6 Å². The number of nitrogens with zero attached hydrogens (tertiary/aromatic N) is 1. The fourth-order valence-corrected chi connectivity index (χ4v) is 3.31. The summed E-state index contributed by atoms with van der Waals surface area (Å²) in [6.07, 6.45) is 0. The Labute approximate surface area is 168 Å². The number of imide groups is 1. The van der Waals surface area contributed by atoms with Crippen LogP contribution in [0.25, 0.3) is 0 Å². The molecule has 28 heavy (non-hydrogen) atoms. The zero-order chi connectivity index (χ0) is 20.5. The van der Waals surface area contributed by atoms with Crippen molar-refractivity contribution >= 4 is 29.4 Å². The lowest BCUT2D eigenvalue weighted by Crippen LogP contribution is -2.43. The molecule has 0 saturated carbocycles. The van der Waals surface area contributed by atoms with Crippen molar-refractivity contribution in [1.82, 2.24) is 15.5 Å². The first-order valence-electron chi connectivity index (χ1n) is 8.97. The summed E-state index contributed by atoms with van der Waals surface area (Å²) in [5, 5.41) is 6.12. The highest BCUT2D eigenvalue weighted by molar-refractivity contribution is 6.30. The highest BCUT2D eigenvalue weighted by atomic mass is 35.5. The predicted octanol–water partition coefficient (Wildman–Crippen LogP) is 3.29. The fourth-order valence-electron chi connectivity index (χ4n) is 3.19. The van der Waals surface area contributed by atoms with Crippen LogP contribution in [0.2, 0.25) is 5.02 Å². The number of rotatable bonds is 5. The maximum Gasteiger partial charge on any atom is 0.325 e.